The first kappa shape index (κ1) is 33.8. The maximum Gasteiger partial charge on any atom is 0.0583 e. The Hall–Kier alpha value is -6.06. The second kappa shape index (κ2) is 12.5. The Labute approximate surface area is 319 Å². The summed E-state index contributed by atoms with van der Waals surface area (Å²) in [6.45, 7) is 17.9. The minimum absolute atomic E-state index is 0.230. The van der Waals surface area contributed by atoms with Gasteiger partial charge in [-0.15, -0.1) is 0 Å². The zero-order chi connectivity index (χ0) is 37.5. The number of para-hydroxylation sites is 1. The standard InChI is InChI=1S/C51H47N3/c1-32-13-18-38(19-14-32)52(41-27-35(4)25-36(5)28-41)40-22-24-48-43(29-40)44-30-42(31-46-50(44)54(48)49-12-10-9-11-45(49)51(46,7)8)53(39-20-15-33(2)16-21-39)47-23-17-34(3)26-37(47)6/h9-31H,1-8H3. The van der Waals surface area contributed by atoms with Crippen molar-refractivity contribution < 1.29 is 0 Å². The molecule has 0 aliphatic carbocycles. The first-order valence-electron chi connectivity index (χ1n) is 19.1. The molecule has 1 aliphatic rings. The van der Waals surface area contributed by atoms with Gasteiger partial charge >= 0.3 is 0 Å². The van der Waals surface area contributed by atoms with Gasteiger partial charge in [0.15, 0.2) is 0 Å². The number of nitrogens with zero attached hydrogens (tertiary/aromatic N) is 3. The van der Waals surface area contributed by atoms with Crippen LogP contribution in [0.3, 0.4) is 0 Å². The van der Waals surface area contributed by atoms with Gasteiger partial charge in [-0.1, -0.05) is 91.2 Å². The fourth-order valence-electron chi connectivity index (χ4n) is 8.86. The van der Waals surface area contributed by atoms with Crippen LogP contribution < -0.4 is 9.80 Å². The third-order valence-corrected chi connectivity index (χ3v) is 11.5. The van der Waals surface area contributed by atoms with Crippen LogP contribution in [0.25, 0.3) is 27.5 Å². The van der Waals surface area contributed by atoms with E-state index in [1.54, 1.807) is 0 Å². The van der Waals surface area contributed by atoms with Crippen LogP contribution in [0.5, 0.6) is 0 Å². The predicted octanol–water partition coefficient (Wildman–Crippen LogP) is 14.2. The van der Waals surface area contributed by atoms with E-state index in [9.17, 15) is 0 Å². The van der Waals surface area contributed by atoms with Gasteiger partial charge in [0, 0.05) is 50.3 Å². The molecule has 0 fully saturated rings. The number of hydrogen-bond donors (Lipinski definition) is 0. The van der Waals surface area contributed by atoms with Crippen molar-refractivity contribution >= 4 is 55.9 Å². The normalized spacial score (nSPS) is 13.0. The molecule has 266 valence electrons. The highest BCUT2D eigenvalue weighted by Gasteiger charge is 2.36. The molecule has 0 unspecified atom stereocenters. The van der Waals surface area contributed by atoms with E-state index in [-0.39, 0.29) is 5.41 Å². The molecule has 0 radical (unpaired) electrons. The van der Waals surface area contributed by atoms with Gasteiger partial charge in [-0.2, -0.15) is 0 Å². The monoisotopic (exact) mass is 701 g/mol. The molecular formula is C51H47N3. The zero-order valence-electron chi connectivity index (χ0n) is 32.6. The van der Waals surface area contributed by atoms with E-state index in [2.05, 4.69) is 209 Å². The SMILES string of the molecule is Cc1ccc(N(c2cc(C)cc(C)c2)c2ccc3c(c2)c2cc(N(c4ccc(C)cc4)c4ccc(C)cc4C)cc4c2n3-c2ccccc2C4(C)C)cc1. The van der Waals surface area contributed by atoms with Crippen LogP contribution in [0, 0.1) is 41.5 Å². The third kappa shape index (κ3) is 5.41. The number of aryl methyl sites for hydroxylation is 6. The Bertz CT molecular complexity index is 2730. The molecule has 7 aromatic carbocycles. The van der Waals surface area contributed by atoms with Crippen LogP contribution in [0.1, 0.15) is 58.4 Å². The molecule has 0 saturated heterocycles. The quantitative estimate of drug-likeness (QED) is 0.171. The molecule has 1 aliphatic heterocycles. The summed E-state index contributed by atoms with van der Waals surface area (Å²) in [6.07, 6.45) is 0. The molecule has 0 spiro atoms. The molecule has 8 aromatic rings. The molecule has 0 amide bonds. The molecule has 0 atom stereocenters. The van der Waals surface area contributed by atoms with Gasteiger partial charge in [-0.3, -0.25) is 0 Å². The van der Waals surface area contributed by atoms with Crippen molar-refractivity contribution in [1.82, 2.24) is 4.57 Å². The van der Waals surface area contributed by atoms with Crippen LogP contribution in [0.15, 0.2) is 140 Å². The molecule has 0 bridgehead atoms. The molecule has 9 rings (SSSR count). The number of rotatable bonds is 6. The molecule has 2 heterocycles. The summed E-state index contributed by atoms with van der Waals surface area (Å²) in [5, 5.41) is 2.50. The fourth-order valence-corrected chi connectivity index (χ4v) is 8.86. The molecular weight excluding hydrogens is 655 g/mol. The van der Waals surface area contributed by atoms with Crippen molar-refractivity contribution in [3.8, 4) is 5.69 Å². The van der Waals surface area contributed by atoms with E-state index >= 15 is 0 Å². The summed E-state index contributed by atoms with van der Waals surface area (Å²) in [7, 11) is 0. The van der Waals surface area contributed by atoms with Gasteiger partial charge in [0.1, 0.15) is 0 Å². The highest BCUT2D eigenvalue weighted by Crippen LogP contribution is 2.51. The van der Waals surface area contributed by atoms with Crippen molar-refractivity contribution in [2.24, 2.45) is 0 Å². The lowest BCUT2D eigenvalue weighted by Crippen LogP contribution is -2.26. The molecule has 3 nitrogen and oxygen atoms in total. The minimum Gasteiger partial charge on any atom is -0.310 e. The number of fused-ring (bicyclic) bond motifs is 5. The molecule has 1 aromatic heterocycles. The average Bonchev–Trinajstić information content (AvgIpc) is 3.47. The van der Waals surface area contributed by atoms with Crippen LogP contribution in [0.2, 0.25) is 0 Å². The molecule has 54 heavy (non-hydrogen) atoms. The second-order valence-electron chi connectivity index (χ2n) is 16.0. The minimum atomic E-state index is -0.230. The summed E-state index contributed by atoms with van der Waals surface area (Å²) < 4.78 is 2.52. The van der Waals surface area contributed by atoms with Crippen LogP contribution in [-0.4, -0.2) is 4.57 Å². The number of aromatic nitrogens is 1. The Morgan fingerprint density at radius 2 is 1.00 bits per heavy atom. The van der Waals surface area contributed by atoms with E-state index < -0.39 is 0 Å². The maximum atomic E-state index is 2.52. The summed E-state index contributed by atoms with van der Waals surface area (Å²) in [5.41, 5.74) is 20.7. The van der Waals surface area contributed by atoms with Gasteiger partial charge in [-0.25, -0.2) is 0 Å². The van der Waals surface area contributed by atoms with Crippen LogP contribution in [0.4, 0.5) is 34.1 Å². The average molecular weight is 702 g/mol. The van der Waals surface area contributed by atoms with Crippen molar-refractivity contribution in [2.75, 3.05) is 9.80 Å². The van der Waals surface area contributed by atoms with Gasteiger partial charge in [-0.05, 0) is 148 Å². The number of anilines is 6. The highest BCUT2D eigenvalue weighted by atomic mass is 15.2. The Balaban J connectivity index is 1.38. The third-order valence-electron chi connectivity index (χ3n) is 11.5. The van der Waals surface area contributed by atoms with E-state index in [1.165, 1.54) is 77.7 Å². The summed E-state index contributed by atoms with van der Waals surface area (Å²) in [4.78, 5) is 4.88. The molecule has 3 heteroatoms. The summed E-state index contributed by atoms with van der Waals surface area (Å²) >= 11 is 0. The van der Waals surface area contributed by atoms with E-state index in [0.29, 0.717) is 0 Å². The van der Waals surface area contributed by atoms with Crippen LogP contribution in [-0.2, 0) is 5.41 Å². The summed E-state index contributed by atoms with van der Waals surface area (Å²) in [5.74, 6) is 0. The molecule has 0 saturated carbocycles. The van der Waals surface area contributed by atoms with Gasteiger partial charge in [0.05, 0.1) is 16.7 Å². The Morgan fingerprint density at radius 1 is 0.426 bits per heavy atom. The van der Waals surface area contributed by atoms with E-state index in [1.807, 2.05) is 0 Å². The number of benzene rings is 7. The van der Waals surface area contributed by atoms with Crippen molar-refractivity contribution in [1.29, 1.82) is 0 Å². The smallest absolute Gasteiger partial charge is 0.0583 e. The van der Waals surface area contributed by atoms with E-state index in [0.717, 1.165) is 28.4 Å². The number of hydrogen-bond acceptors (Lipinski definition) is 2. The maximum absolute atomic E-state index is 2.52. The molecule has 0 N–H and O–H groups in total. The highest BCUT2D eigenvalue weighted by molar-refractivity contribution is 6.14. The lowest BCUT2D eigenvalue weighted by molar-refractivity contribution is 0.630. The van der Waals surface area contributed by atoms with Crippen molar-refractivity contribution in [2.45, 2.75) is 60.8 Å². The lowest BCUT2D eigenvalue weighted by atomic mass is 9.74. The lowest BCUT2D eigenvalue weighted by Gasteiger charge is -2.36. The van der Waals surface area contributed by atoms with Crippen molar-refractivity contribution in [3.63, 3.8) is 0 Å². The Kier molecular flexibility index (Phi) is 7.83. The largest absolute Gasteiger partial charge is 0.310 e. The first-order valence-corrected chi connectivity index (χ1v) is 19.1. The first-order chi connectivity index (χ1) is 26.0. The van der Waals surface area contributed by atoms with Gasteiger partial charge in [0.25, 0.3) is 0 Å². The zero-order valence-corrected chi connectivity index (χ0v) is 32.6. The van der Waals surface area contributed by atoms with Gasteiger partial charge in [0.2, 0.25) is 0 Å². The second-order valence-corrected chi connectivity index (χ2v) is 16.0. The topological polar surface area (TPSA) is 11.4 Å². The predicted molar refractivity (Wildman–Crippen MR) is 231 cm³/mol. The van der Waals surface area contributed by atoms with E-state index in [4.69, 9.17) is 0 Å². The summed E-state index contributed by atoms with van der Waals surface area (Å²) in [6, 6.07) is 52.5. The van der Waals surface area contributed by atoms with Gasteiger partial charge < -0.3 is 14.4 Å². The fraction of sp³-hybridized carbons (Fsp3) is 0.176. The Morgan fingerprint density at radius 3 is 1.67 bits per heavy atom. The van der Waals surface area contributed by atoms with Crippen molar-refractivity contribution in [3.05, 3.63) is 184 Å². The van der Waals surface area contributed by atoms with Crippen LogP contribution >= 0.6 is 0 Å².